The van der Waals surface area contributed by atoms with E-state index in [2.05, 4.69) is 4.98 Å². The number of nitrogens with zero attached hydrogens (tertiary/aromatic N) is 3. The normalized spacial score (nSPS) is 13.0. The van der Waals surface area contributed by atoms with E-state index in [0.29, 0.717) is 39.9 Å². The van der Waals surface area contributed by atoms with E-state index in [1.54, 1.807) is 46.0 Å². The number of ether oxygens (including phenoxy) is 1. The van der Waals surface area contributed by atoms with Crippen LogP contribution >= 0.6 is 23.2 Å². The van der Waals surface area contributed by atoms with E-state index < -0.39 is 5.97 Å². The van der Waals surface area contributed by atoms with Crippen LogP contribution in [0.3, 0.4) is 0 Å². The van der Waals surface area contributed by atoms with Crippen LogP contribution in [0.1, 0.15) is 35.0 Å². The fourth-order valence-corrected chi connectivity index (χ4v) is 3.87. The van der Waals surface area contributed by atoms with E-state index in [1.807, 2.05) is 6.92 Å². The van der Waals surface area contributed by atoms with Crippen LogP contribution in [0.25, 0.3) is 5.65 Å². The molecule has 0 saturated carbocycles. The molecule has 0 fully saturated rings. The number of aromatic nitrogens is 2. The van der Waals surface area contributed by atoms with Gasteiger partial charge in [0.1, 0.15) is 6.61 Å². The van der Waals surface area contributed by atoms with Gasteiger partial charge in [0, 0.05) is 31.0 Å². The lowest BCUT2D eigenvalue weighted by molar-refractivity contribution is -0.118. The van der Waals surface area contributed by atoms with Gasteiger partial charge in [0.25, 0.3) is 0 Å². The number of fused-ring (bicyclic) bond motifs is 2. The molecule has 28 heavy (non-hydrogen) atoms. The summed E-state index contributed by atoms with van der Waals surface area (Å²) < 4.78 is 7.09. The summed E-state index contributed by atoms with van der Waals surface area (Å²) in [6.45, 7) is 2.50. The number of halogens is 2. The first-order valence-corrected chi connectivity index (χ1v) is 9.65. The summed E-state index contributed by atoms with van der Waals surface area (Å²) in [4.78, 5) is 30.5. The molecule has 1 aromatic carbocycles. The zero-order valence-electron chi connectivity index (χ0n) is 15.1. The van der Waals surface area contributed by atoms with Crippen molar-refractivity contribution in [2.45, 2.75) is 26.4 Å². The molecule has 0 radical (unpaired) electrons. The van der Waals surface area contributed by atoms with Crippen LogP contribution in [0.4, 0.5) is 5.69 Å². The molecule has 0 bridgehead atoms. The van der Waals surface area contributed by atoms with E-state index in [1.165, 1.54) is 0 Å². The number of hydrogen-bond donors (Lipinski definition) is 0. The second-order valence-corrected chi connectivity index (χ2v) is 7.38. The van der Waals surface area contributed by atoms with E-state index in [0.717, 1.165) is 17.7 Å². The van der Waals surface area contributed by atoms with Crippen molar-refractivity contribution in [3.63, 3.8) is 0 Å². The largest absolute Gasteiger partial charge is 0.456 e. The summed E-state index contributed by atoms with van der Waals surface area (Å²) in [6.07, 6.45) is 4.59. The molecular formula is C20H17Cl2N3O3. The molecule has 3 heterocycles. The predicted molar refractivity (Wildman–Crippen MR) is 107 cm³/mol. The van der Waals surface area contributed by atoms with Crippen molar-refractivity contribution in [1.29, 1.82) is 0 Å². The van der Waals surface area contributed by atoms with Crippen molar-refractivity contribution in [2.24, 2.45) is 0 Å². The summed E-state index contributed by atoms with van der Waals surface area (Å²) in [7, 11) is 0. The number of carbonyl (C=O) groups is 2. The Hall–Kier alpha value is -2.57. The number of rotatable bonds is 4. The summed E-state index contributed by atoms with van der Waals surface area (Å²) in [6, 6.07) is 6.89. The van der Waals surface area contributed by atoms with Gasteiger partial charge in [-0.15, -0.1) is 0 Å². The highest BCUT2D eigenvalue weighted by molar-refractivity contribution is 6.36. The Balaban J connectivity index is 1.48. The van der Waals surface area contributed by atoms with E-state index >= 15 is 0 Å². The molecule has 0 spiro atoms. The maximum atomic E-state index is 12.4. The molecule has 6 nitrogen and oxygen atoms in total. The molecule has 4 rings (SSSR count). The van der Waals surface area contributed by atoms with Gasteiger partial charge in [0.2, 0.25) is 5.91 Å². The molecule has 0 saturated heterocycles. The van der Waals surface area contributed by atoms with Crippen LogP contribution in [-0.4, -0.2) is 27.8 Å². The van der Waals surface area contributed by atoms with Crippen LogP contribution in [0.2, 0.25) is 10.0 Å². The number of imidazole rings is 1. The number of pyridine rings is 1. The first-order valence-electron chi connectivity index (χ1n) is 8.89. The van der Waals surface area contributed by atoms with E-state index in [9.17, 15) is 9.59 Å². The Kier molecular flexibility index (Phi) is 5.00. The van der Waals surface area contributed by atoms with Crippen molar-refractivity contribution < 1.29 is 14.3 Å². The Morgan fingerprint density at radius 1 is 1.21 bits per heavy atom. The first-order chi connectivity index (χ1) is 13.5. The lowest BCUT2D eigenvalue weighted by Gasteiger charge is -2.16. The molecule has 0 unspecified atom stereocenters. The molecule has 2 aromatic heterocycles. The minimum absolute atomic E-state index is 0.0198. The van der Waals surface area contributed by atoms with Crippen LogP contribution in [-0.2, 0) is 22.6 Å². The minimum Gasteiger partial charge on any atom is -0.456 e. The standard InChI is InChI=1S/C20H17Cl2N3O3/c1-2-18(26)25-6-5-12-7-13(3-4-17(12)25)20(27)28-11-15-10-24-9-14(21)8-16(22)19(24)23-15/h3-4,7-10H,2,5-6,11H2,1H3. The zero-order chi connectivity index (χ0) is 19.8. The zero-order valence-corrected chi connectivity index (χ0v) is 16.6. The smallest absolute Gasteiger partial charge is 0.338 e. The molecular weight excluding hydrogens is 401 g/mol. The number of benzene rings is 1. The Morgan fingerprint density at radius 2 is 2.04 bits per heavy atom. The van der Waals surface area contributed by atoms with Crippen LogP contribution in [0, 0.1) is 0 Å². The summed E-state index contributed by atoms with van der Waals surface area (Å²) in [5, 5.41) is 0.919. The third kappa shape index (κ3) is 3.45. The van der Waals surface area contributed by atoms with Crippen molar-refractivity contribution in [3.8, 4) is 0 Å². The molecule has 0 N–H and O–H groups in total. The summed E-state index contributed by atoms with van der Waals surface area (Å²) >= 11 is 12.1. The van der Waals surface area contributed by atoms with Gasteiger partial charge in [0.15, 0.2) is 5.65 Å². The van der Waals surface area contributed by atoms with Crippen LogP contribution < -0.4 is 4.90 Å². The Morgan fingerprint density at radius 3 is 2.82 bits per heavy atom. The third-order valence-electron chi connectivity index (χ3n) is 4.69. The van der Waals surface area contributed by atoms with Gasteiger partial charge in [-0.05, 0) is 36.2 Å². The SMILES string of the molecule is CCC(=O)N1CCc2cc(C(=O)OCc3cn4cc(Cl)cc(Cl)c4n3)ccc21. The fourth-order valence-electron chi connectivity index (χ4n) is 3.35. The second-order valence-electron chi connectivity index (χ2n) is 6.54. The molecule has 0 atom stereocenters. The van der Waals surface area contributed by atoms with Gasteiger partial charge in [-0.1, -0.05) is 30.1 Å². The van der Waals surface area contributed by atoms with Crippen LogP contribution in [0.15, 0.2) is 36.7 Å². The average Bonchev–Trinajstić information content (AvgIpc) is 3.28. The monoisotopic (exact) mass is 417 g/mol. The first kappa shape index (κ1) is 18.8. The number of hydrogen-bond acceptors (Lipinski definition) is 4. The maximum absolute atomic E-state index is 12.4. The molecule has 1 aliphatic rings. The molecule has 1 aliphatic heterocycles. The third-order valence-corrected chi connectivity index (χ3v) is 5.17. The highest BCUT2D eigenvalue weighted by atomic mass is 35.5. The predicted octanol–water partition coefficient (Wildman–Crippen LogP) is 4.30. The quantitative estimate of drug-likeness (QED) is 0.593. The summed E-state index contributed by atoms with van der Waals surface area (Å²) in [5.74, 6) is -0.357. The molecule has 3 aromatic rings. The second kappa shape index (κ2) is 7.45. The highest BCUT2D eigenvalue weighted by Gasteiger charge is 2.24. The molecule has 8 heteroatoms. The van der Waals surface area contributed by atoms with Crippen molar-refractivity contribution in [3.05, 3.63) is 63.5 Å². The molecule has 1 amide bonds. The van der Waals surface area contributed by atoms with Gasteiger partial charge in [-0.25, -0.2) is 9.78 Å². The van der Waals surface area contributed by atoms with E-state index in [-0.39, 0.29) is 12.5 Å². The van der Waals surface area contributed by atoms with Crippen molar-refractivity contribution >= 4 is 46.4 Å². The number of esters is 1. The van der Waals surface area contributed by atoms with Gasteiger partial charge in [-0.2, -0.15) is 0 Å². The van der Waals surface area contributed by atoms with E-state index in [4.69, 9.17) is 27.9 Å². The number of amides is 1. The van der Waals surface area contributed by atoms with Gasteiger partial charge in [0.05, 0.1) is 21.3 Å². The lowest BCUT2D eigenvalue weighted by atomic mass is 10.1. The van der Waals surface area contributed by atoms with Gasteiger partial charge >= 0.3 is 5.97 Å². The van der Waals surface area contributed by atoms with Gasteiger partial charge < -0.3 is 14.0 Å². The molecule has 0 aliphatic carbocycles. The Bertz CT molecular complexity index is 1090. The summed E-state index contributed by atoms with van der Waals surface area (Å²) in [5.41, 5.74) is 3.42. The molecule has 144 valence electrons. The van der Waals surface area contributed by atoms with Crippen molar-refractivity contribution in [2.75, 3.05) is 11.4 Å². The van der Waals surface area contributed by atoms with Gasteiger partial charge in [-0.3, -0.25) is 4.79 Å². The number of carbonyl (C=O) groups excluding carboxylic acids is 2. The highest BCUT2D eigenvalue weighted by Crippen LogP contribution is 2.29. The Labute approximate surface area is 171 Å². The topological polar surface area (TPSA) is 63.9 Å². The lowest BCUT2D eigenvalue weighted by Crippen LogP contribution is -2.27. The average molecular weight is 418 g/mol. The van der Waals surface area contributed by atoms with Crippen molar-refractivity contribution in [1.82, 2.24) is 9.38 Å². The van der Waals surface area contributed by atoms with Crippen LogP contribution in [0.5, 0.6) is 0 Å². The number of anilines is 1. The fraction of sp³-hybridized carbons (Fsp3) is 0.250. The maximum Gasteiger partial charge on any atom is 0.338 e. The minimum atomic E-state index is -0.441.